The van der Waals surface area contributed by atoms with Crippen LogP contribution in [0.3, 0.4) is 0 Å². The van der Waals surface area contributed by atoms with Crippen molar-refractivity contribution in [3.8, 4) is 5.75 Å². The number of rotatable bonds is 7. The summed E-state index contributed by atoms with van der Waals surface area (Å²) in [4.78, 5) is 12.0. The summed E-state index contributed by atoms with van der Waals surface area (Å²) >= 11 is 1.36. The molecule has 2 rings (SSSR count). The van der Waals surface area contributed by atoms with Gasteiger partial charge >= 0.3 is 0 Å². The average molecular weight is 351 g/mol. The third kappa shape index (κ3) is 5.23. The number of hydrogen-bond donors (Lipinski definition) is 1. The SMILES string of the molecule is Cc1cccc(OCCSC(C)C(=O)Nc2c(F)cccc2F)c1. The second kappa shape index (κ2) is 8.68. The lowest BCUT2D eigenvalue weighted by Gasteiger charge is -2.13. The first-order valence-corrected chi connectivity index (χ1v) is 8.58. The smallest absolute Gasteiger partial charge is 0.237 e. The molecule has 1 N–H and O–H groups in total. The molecular weight excluding hydrogens is 332 g/mol. The van der Waals surface area contributed by atoms with Crippen LogP contribution in [-0.4, -0.2) is 23.5 Å². The number of hydrogen-bond acceptors (Lipinski definition) is 3. The van der Waals surface area contributed by atoms with Gasteiger partial charge < -0.3 is 10.1 Å². The maximum absolute atomic E-state index is 13.5. The molecule has 1 amide bonds. The van der Waals surface area contributed by atoms with E-state index in [1.165, 1.54) is 17.8 Å². The molecule has 0 aromatic heterocycles. The summed E-state index contributed by atoms with van der Waals surface area (Å²) < 4.78 is 32.6. The van der Waals surface area contributed by atoms with Crippen LogP contribution in [0.25, 0.3) is 0 Å². The maximum Gasteiger partial charge on any atom is 0.237 e. The molecule has 0 radical (unpaired) electrons. The van der Waals surface area contributed by atoms with Crippen molar-refractivity contribution >= 4 is 23.4 Å². The van der Waals surface area contributed by atoms with Crippen molar-refractivity contribution in [2.24, 2.45) is 0 Å². The molecule has 0 saturated carbocycles. The van der Waals surface area contributed by atoms with Gasteiger partial charge in [0.25, 0.3) is 0 Å². The summed E-state index contributed by atoms with van der Waals surface area (Å²) in [5, 5.41) is 1.84. The van der Waals surface area contributed by atoms with Gasteiger partial charge in [-0.15, -0.1) is 11.8 Å². The van der Waals surface area contributed by atoms with Gasteiger partial charge in [0, 0.05) is 5.75 Å². The molecule has 24 heavy (non-hydrogen) atoms. The van der Waals surface area contributed by atoms with Gasteiger partial charge in [-0.3, -0.25) is 4.79 Å². The van der Waals surface area contributed by atoms with E-state index in [4.69, 9.17) is 4.74 Å². The molecule has 0 aliphatic heterocycles. The number of thioether (sulfide) groups is 1. The van der Waals surface area contributed by atoms with E-state index in [2.05, 4.69) is 5.32 Å². The van der Waals surface area contributed by atoms with Crippen LogP contribution in [-0.2, 0) is 4.79 Å². The molecule has 0 fully saturated rings. The second-order valence-corrected chi connectivity index (χ2v) is 6.71. The lowest BCUT2D eigenvalue weighted by atomic mass is 10.2. The fraction of sp³-hybridized carbons (Fsp3) is 0.278. The predicted octanol–water partition coefficient (Wildman–Crippen LogP) is 4.41. The van der Waals surface area contributed by atoms with Crippen molar-refractivity contribution in [2.75, 3.05) is 17.7 Å². The highest BCUT2D eigenvalue weighted by molar-refractivity contribution is 8.00. The standard InChI is InChI=1S/C18H19F2NO2S/c1-12-5-3-6-14(11-12)23-9-10-24-13(2)18(22)21-17-15(19)7-4-8-16(17)20/h3-8,11,13H,9-10H2,1-2H3,(H,21,22). The lowest BCUT2D eigenvalue weighted by Crippen LogP contribution is -2.24. The minimum absolute atomic E-state index is 0.411. The normalized spacial score (nSPS) is 11.8. The molecule has 1 atom stereocenters. The number of carbonyl (C=O) groups is 1. The van der Waals surface area contributed by atoms with Crippen molar-refractivity contribution in [3.63, 3.8) is 0 Å². The van der Waals surface area contributed by atoms with Gasteiger partial charge in [-0.25, -0.2) is 8.78 Å². The largest absolute Gasteiger partial charge is 0.493 e. The number of ether oxygens (including phenoxy) is 1. The van der Waals surface area contributed by atoms with Gasteiger partial charge in [-0.05, 0) is 43.7 Å². The Morgan fingerprint density at radius 2 is 1.88 bits per heavy atom. The fourth-order valence-corrected chi connectivity index (χ4v) is 2.75. The monoisotopic (exact) mass is 351 g/mol. The summed E-state index contributed by atoms with van der Waals surface area (Å²) in [6, 6.07) is 11.2. The van der Waals surface area contributed by atoms with E-state index in [-0.39, 0.29) is 0 Å². The Morgan fingerprint density at radius 1 is 1.21 bits per heavy atom. The number of aryl methyl sites for hydroxylation is 1. The Kier molecular flexibility index (Phi) is 6.61. The molecular formula is C18H19F2NO2S. The number of carbonyl (C=O) groups excluding carboxylic acids is 1. The van der Waals surface area contributed by atoms with Gasteiger partial charge in [0.2, 0.25) is 5.91 Å². The van der Waals surface area contributed by atoms with Gasteiger partial charge in [0.05, 0.1) is 11.9 Å². The van der Waals surface area contributed by atoms with Crippen LogP contribution in [0.4, 0.5) is 14.5 Å². The van der Waals surface area contributed by atoms with Crippen LogP contribution >= 0.6 is 11.8 Å². The number of benzene rings is 2. The molecule has 0 bridgehead atoms. The number of anilines is 1. The second-order valence-electron chi connectivity index (χ2n) is 5.26. The molecule has 0 saturated heterocycles. The Morgan fingerprint density at radius 3 is 2.54 bits per heavy atom. The van der Waals surface area contributed by atoms with Gasteiger partial charge in [-0.1, -0.05) is 18.2 Å². The average Bonchev–Trinajstić information content (AvgIpc) is 2.55. The van der Waals surface area contributed by atoms with E-state index in [0.29, 0.717) is 12.4 Å². The zero-order valence-electron chi connectivity index (χ0n) is 13.5. The highest BCUT2D eigenvalue weighted by Crippen LogP contribution is 2.20. The molecule has 2 aromatic rings. The zero-order valence-corrected chi connectivity index (χ0v) is 14.3. The first kappa shape index (κ1) is 18.3. The topological polar surface area (TPSA) is 38.3 Å². The van der Waals surface area contributed by atoms with Crippen molar-refractivity contribution < 1.29 is 18.3 Å². The Hall–Kier alpha value is -2.08. The van der Waals surface area contributed by atoms with Gasteiger partial charge in [0.15, 0.2) is 0 Å². The minimum Gasteiger partial charge on any atom is -0.493 e. The molecule has 3 nitrogen and oxygen atoms in total. The van der Waals surface area contributed by atoms with Crippen molar-refractivity contribution in [1.29, 1.82) is 0 Å². The van der Waals surface area contributed by atoms with Crippen LogP contribution < -0.4 is 10.1 Å². The number of para-hydroxylation sites is 1. The molecule has 1 unspecified atom stereocenters. The van der Waals surface area contributed by atoms with E-state index in [0.717, 1.165) is 23.4 Å². The predicted molar refractivity (Wildman–Crippen MR) is 93.6 cm³/mol. The van der Waals surface area contributed by atoms with E-state index >= 15 is 0 Å². The van der Waals surface area contributed by atoms with Crippen molar-refractivity contribution in [1.82, 2.24) is 0 Å². The van der Waals surface area contributed by atoms with Crippen LogP contribution in [0.15, 0.2) is 42.5 Å². The summed E-state index contributed by atoms with van der Waals surface area (Å²) in [5.74, 6) is -0.658. The van der Waals surface area contributed by atoms with E-state index < -0.39 is 28.5 Å². The van der Waals surface area contributed by atoms with E-state index in [1.807, 2.05) is 31.2 Å². The summed E-state index contributed by atoms with van der Waals surface area (Å²) in [5.41, 5.74) is 0.700. The third-order valence-corrected chi connectivity index (χ3v) is 4.41. The first-order chi connectivity index (χ1) is 11.5. The maximum atomic E-state index is 13.5. The molecule has 128 valence electrons. The summed E-state index contributed by atoms with van der Waals surface area (Å²) in [6.07, 6.45) is 0. The van der Waals surface area contributed by atoms with Gasteiger partial charge in [-0.2, -0.15) is 0 Å². The fourth-order valence-electron chi connectivity index (χ4n) is 2.01. The van der Waals surface area contributed by atoms with Crippen LogP contribution in [0.1, 0.15) is 12.5 Å². The van der Waals surface area contributed by atoms with Crippen LogP contribution in [0.5, 0.6) is 5.75 Å². The first-order valence-electron chi connectivity index (χ1n) is 7.53. The number of amides is 1. The highest BCUT2D eigenvalue weighted by atomic mass is 32.2. The summed E-state index contributed by atoms with van der Waals surface area (Å²) in [7, 11) is 0. The molecule has 6 heteroatoms. The number of nitrogens with one attached hydrogen (secondary N) is 1. The van der Waals surface area contributed by atoms with E-state index in [1.54, 1.807) is 6.92 Å². The van der Waals surface area contributed by atoms with Gasteiger partial charge in [0.1, 0.15) is 23.1 Å². The van der Waals surface area contributed by atoms with Crippen LogP contribution in [0.2, 0.25) is 0 Å². The van der Waals surface area contributed by atoms with Crippen LogP contribution in [0, 0.1) is 18.6 Å². The molecule has 0 spiro atoms. The highest BCUT2D eigenvalue weighted by Gasteiger charge is 2.17. The summed E-state index contributed by atoms with van der Waals surface area (Å²) in [6.45, 7) is 4.11. The third-order valence-electron chi connectivity index (χ3n) is 3.29. The molecule has 0 aliphatic rings. The minimum atomic E-state index is -0.789. The number of halogens is 2. The Bertz CT molecular complexity index is 689. The molecule has 0 heterocycles. The lowest BCUT2D eigenvalue weighted by molar-refractivity contribution is -0.115. The van der Waals surface area contributed by atoms with E-state index in [9.17, 15) is 13.6 Å². The quantitative estimate of drug-likeness (QED) is 0.751. The van der Waals surface area contributed by atoms with Crippen molar-refractivity contribution in [3.05, 3.63) is 59.7 Å². The molecule has 2 aromatic carbocycles. The Balaban J connectivity index is 1.78. The van der Waals surface area contributed by atoms with Crippen molar-refractivity contribution in [2.45, 2.75) is 19.1 Å². The zero-order chi connectivity index (χ0) is 17.5. The molecule has 0 aliphatic carbocycles. The Labute approximate surface area is 144 Å².